The molecule has 0 saturated carbocycles. The summed E-state index contributed by atoms with van der Waals surface area (Å²) in [4.78, 5) is 5.87. The van der Waals surface area contributed by atoms with Gasteiger partial charge in [-0.1, -0.05) is 5.16 Å². The molecule has 88 valence electrons. The first kappa shape index (κ1) is 12.3. The number of likely N-dealkylation sites (N-methyl/N-ethyl adjacent to an activating group) is 1. The fourth-order valence-corrected chi connectivity index (χ4v) is 1.29. The first-order valence-corrected chi connectivity index (χ1v) is 4.88. The highest BCUT2D eigenvalue weighted by molar-refractivity contribution is 6.00. The number of amidine groups is 1. The first-order valence-electron chi connectivity index (χ1n) is 4.88. The van der Waals surface area contributed by atoms with Crippen LogP contribution in [0.2, 0.25) is 0 Å². The summed E-state index contributed by atoms with van der Waals surface area (Å²) in [6.07, 6.45) is 1.56. The largest absolute Gasteiger partial charge is 0.409 e. The van der Waals surface area contributed by atoms with Gasteiger partial charge in [-0.2, -0.15) is 0 Å². The molecule has 0 amide bonds. The molecule has 0 bridgehead atoms. The zero-order valence-corrected chi connectivity index (χ0v) is 9.33. The van der Waals surface area contributed by atoms with Crippen LogP contribution in [0, 0.1) is 0 Å². The molecule has 1 aromatic rings. The summed E-state index contributed by atoms with van der Waals surface area (Å²) in [5, 5.41) is 20.7. The standard InChI is InChI=1S/C10H16N4O2/c1-7(6-15)14(2)8-4-3-5-12-9(8)10(11)13-16/h3-5,7,15-16H,6H2,1-2H3,(H2,11,13). The molecule has 0 radical (unpaired) electrons. The van der Waals surface area contributed by atoms with Gasteiger partial charge in [-0.25, -0.2) is 0 Å². The van der Waals surface area contributed by atoms with Crippen molar-refractivity contribution in [3.05, 3.63) is 24.0 Å². The van der Waals surface area contributed by atoms with Crippen molar-refractivity contribution in [1.29, 1.82) is 0 Å². The molecule has 6 heteroatoms. The van der Waals surface area contributed by atoms with Crippen LogP contribution in [0.5, 0.6) is 0 Å². The van der Waals surface area contributed by atoms with Crippen LogP contribution in [-0.2, 0) is 0 Å². The zero-order chi connectivity index (χ0) is 12.1. The molecule has 4 N–H and O–H groups in total. The van der Waals surface area contributed by atoms with Crippen molar-refractivity contribution < 1.29 is 10.3 Å². The minimum Gasteiger partial charge on any atom is -0.409 e. The lowest BCUT2D eigenvalue weighted by Crippen LogP contribution is -2.34. The lowest BCUT2D eigenvalue weighted by molar-refractivity contribution is 0.270. The van der Waals surface area contributed by atoms with Crippen LogP contribution in [0.4, 0.5) is 5.69 Å². The zero-order valence-electron chi connectivity index (χ0n) is 9.33. The maximum Gasteiger partial charge on any atom is 0.190 e. The topological polar surface area (TPSA) is 95.0 Å². The van der Waals surface area contributed by atoms with Gasteiger partial charge in [0.05, 0.1) is 12.3 Å². The lowest BCUT2D eigenvalue weighted by Gasteiger charge is -2.26. The molecule has 0 aliphatic carbocycles. The molecule has 0 aliphatic heterocycles. The highest BCUT2D eigenvalue weighted by Gasteiger charge is 2.15. The van der Waals surface area contributed by atoms with Crippen molar-refractivity contribution in [3.63, 3.8) is 0 Å². The van der Waals surface area contributed by atoms with E-state index in [4.69, 9.17) is 16.0 Å². The Morgan fingerprint density at radius 1 is 1.69 bits per heavy atom. The van der Waals surface area contributed by atoms with Crippen molar-refractivity contribution in [3.8, 4) is 0 Å². The van der Waals surface area contributed by atoms with E-state index in [-0.39, 0.29) is 18.5 Å². The molecule has 0 saturated heterocycles. The van der Waals surface area contributed by atoms with Crippen LogP contribution in [0.1, 0.15) is 12.6 Å². The van der Waals surface area contributed by atoms with Gasteiger partial charge in [-0.05, 0) is 19.1 Å². The number of hydrogen-bond donors (Lipinski definition) is 3. The Kier molecular flexibility index (Phi) is 4.07. The second kappa shape index (κ2) is 5.32. The number of rotatable bonds is 4. The van der Waals surface area contributed by atoms with Crippen molar-refractivity contribution in [2.45, 2.75) is 13.0 Å². The summed E-state index contributed by atoms with van der Waals surface area (Å²) >= 11 is 0. The Morgan fingerprint density at radius 3 is 2.94 bits per heavy atom. The van der Waals surface area contributed by atoms with E-state index >= 15 is 0 Å². The van der Waals surface area contributed by atoms with Gasteiger partial charge in [0.1, 0.15) is 5.69 Å². The normalized spacial score (nSPS) is 13.6. The first-order chi connectivity index (χ1) is 7.61. The number of nitrogens with zero attached hydrogens (tertiary/aromatic N) is 3. The summed E-state index contributed by atoms with van der Waals surface area (Å²) in [6.45, 7) is 1.88. The van der Waals surface area contributed by atoms with Crippen LogP contribution in [0.25, 0.3) is 0 Å². The molecule has 0 aromatic carbocycles. The van der Waals surface area contributed by atoms with Gasteiger partial charge in [0.25, 0.3) is 0 Å². The van der Waals surface area contributed by atoms with Gasteiger partial charge in [0.15, 0.2) is 5.84 Å². The third-order valence-electron chi connectivity index (χ3n) is 2.44. The molecule has 0 aliphatic rings. The third-order valence-corrected chi connectivity index (χ3v) is 2.44. The predicted octanol–water partition coefficient (Wildman–Crippen LogP) is -0.00690. The monoisotopic (exact) mass is 224 g/mol. The van der Waals surface area contributed by atoms with Crippen molar-refractivity contribution in [2.24, 2.45) is 10.9 Å². The summed E-state index contributed by atoms with van der Waals surface area (Å²) in [5.74, 6) is -0.0485. The second-order valence-corrected chi connectivity index (χ2v) is 3.50. The van der Waals surface area contributed by atoms with Gasteiger partial charge in [0.2, 0.25) is 0 Å². The van der Waals surface area contributed by atoms with Gasteiger partial charge in [0, 0.05) is 19.3 Å². The number of aliphatic hydroxyl groups is 1. The van der Waals surface area contributed by atoms with Crippen LogP contribution < -0.4 is 10.6 Å². The van der Waals surface area contributed by atoms with Gasteiger partial charge in [-0.15, -0.1) is 0 Å². The van der Waals surface area contributed by atoms with Crippen molar-refractivity contribution in [2.75, 3.05) is 18.6 Å². The summed E-state index contributed by atoms with van der Waals surface area (Å²) in [5.41, 5.74) is 6.63. The van der Waals surface area contributed by atoms with Gasteiger partial charge < -0.3 is 20.9 Å². The van der Waals surface area contributed by atoms with Crippen molar-refractivity contribution in [1.82, 2.24) is 4.98 Å². The number of hydrogen-bond acceptors (Lipinski definition) is 5. The average Bonchev–Trinajstić information content (AvgIpc) is 2.35. The molecule has 0 spiro atoms. The van der Waals surface area contributed by atoms with E-state index in [1.807, 2.05) is 18.9 Å². The van der Waals surface area contributed by atoms with E-state index in [9.17, 15) is 0 Å². The summed E-state index contributed by atoms with van der Waals surface area (Å²) in [6, 6.07) is 3.48. The fraction of sp³-hybridized carbons (Fsp3) is 0.400. The number of aromatic nitrogens is 1. The van der Waals surface area contributed by atoms with E-state index < -0.39 is 0 Å². The third kappa shape index (κ3) is 2.40. The number of nitrogens with two attached hydrogens (primary N) is 1. The van der Waals surface area contributed by atoms with Crippen LogP contribution in [-0.4, -0.2) is 40.8 Å². The van der Waals surface area contributed by atoms with E-state index in [1.165, 1.54) is 0 Å². The number of anilines is 1. The molecule has 1 rings (SSSR count). The number of oxime groups is 1. The number of pyridine rings is 1. The minimum atomic E-state index is -0.0746. The highest BCUT2D eigenvalue weighted by Crippen LogP contribution is 2.18. The fourth-order valence-electron chi connectivity index (χ4n) is 1.29. The Morgan fingerprint density at radius 2 is 2.38 bits per heavy atom. The van der Waals surface area contributed by atoms with Crippen molar-refractivity contribution >= 4 is 11.5 Å². The Bertz CT molecular complexity index is 381. The molecule has 16 heavy (non-hydrogen) atoms. The highest BCUT2D eigenvalue weighted by atomic mass is 16.4. The van der Waals surface area contributed by atoms with Crippen LogP contribution >= 0.6 is 0 Å². The molecule has 1 atom stereocenters. The van der Waals surface area contributed by atoms with E-state index in [2.05, 4.69) is 10.1 Å². The van der Waals surface area contributed by atoms with E-state index in [0.29, 0.717) is 11.4 Å². The minimum absolute atomic E-state index is 0.0149. The molecule has 1 heterocycles. The molecule has 1 unspecified atom stereocenters. The lowest BCUT2D eigenvalue weighted by atomic mass is 10.2. The second-order valence-electron chi connectivity index (χ2n) is 3.50. The summed E-state index contributed by atoms with van der Waals surface area (Å²) < 4.78 is 0. The van der Waals surface area contributed by atoms with Crippen LogP contribution in [0.15, 0.2) is 23.5 Å². The Balaban J connectivity index is 3.13. The molecule has 0 fully saturated rings. The molecular weight excluding hydrogens is 208 g/mol. The maximum absolute atomic E-state index is 9.08. The van der Waals surface area contributed by atoms with Crippen LogP contribution in [0.3, 0.4) is 0 Å². The van der Waals surface area contributed by atoms with E-state index in [1.54, 1.807) is 18.3 Å². The van der Waals surface area contributed by atoms with Gasteiger partial charge in [-0.3, -0.25) is 4.98 Å². The Labute approximate surface area is 94.0 Å². The predicted molar refractivity (Wildman–Crippen MR) is 61.7 cm³/mol. The van der Waals surface area contributed by atoms with E-state index in [0.717, 1.165) is 0 Å². The molecular formula is C10H16N4O2. The number of aliphatic hydroxyl groups excluding tert-OH is 1. The van der Waals surface area contributed by atoms with Gasteiger partial charge >= 0.3 is 0 Å². The SMILES string of the molecule is CC(CO)N(C)c1cccnc1/C(N)=N/O. The maximum atomic E-state index is 9.08. The average molecular weight is 224 g/mol. The molecule has 6 nitrogen and oxygen atoms in total. The molecule has 1 aromatic heterocycles. The smallest absolute Gasteiger partial charge is 0.190 e. The Hall–Kier alpha value is -1.82. The quantitative estimate of drug-likeness (QED) is 0.289. The summed E-state index contributed by atoms with van der Waals surface area (Å²) in [7, 11) is 1.81.